The lowest BCUT2D eigenvalue weighted by molar-refractivity contribution is -0.142. The SMILES string of the molecule is CC(CCO)SCCCC(C)(N)C(=O)O. The first-order chi connectivity index (χ1) is 6.90. The van der Waals surface area contributed by atoms with Gasteiger partial charge in [-0.2, -0.15) is 11.8 Å². The molecule has 5 heteroatoms. The van der Waals surface area contributed by atoms with Crippen LogP contribution in [0.3, 0.4) is 0 Å². The zero-order chi connectivity index (χ0) is 11.9. The second-order valence-electron chi connectivity index (χ2n) is 4.02. The van der Waals surface area contributed by atoms with Gasteiger partial charge < -0.3 is 15.9 Å². The number of carboxylic acids is 1. The molecule has 0 aromatic rings. The summed E-state index contributed by atoms with van der Waals surface area (Å²) in [6.07, 6.45) is 2.06. The molecule has 0 aliphatic rings. The van der Waals surface area contributed by atoms with Crippen molar-refractivity contribution in [2.45, 2.75) is 43.9 Å². The van der Waals surface area contributed by atoms with Crippen LogP contribution in [-0.4, -0.2) is 39.3 Å². The fourth-order valence-corrected chi connectivity index (χ4v) is 2.08. The number of aliphatic hydroxyl groups excluding tert-OH is 1. The molecule has 15 heavy (non-hydrogen) atoms. The molecule has 0 amide bonds. The van der Waals surface area contributed by atoms with Gasteiger partial charge in [0.2, 0.25) is 0 Å². The summed E-state index contributed by atoms with van der Waals surface area (Å²) < 4.78 is 0. The largest absolute Gasteiger partial charge is 0.480 e. The van der Waals surface area contributed by atoms with Gasteiger partial charge in [-0.3, -0.25) is 4.79 Å². The van der Waals surface area contributed by atoms with Gasteiger partial charge in [0.15, 0.2) is 0 Å². The van der Waals surface area contributed by atoms with Gasteiger partial charge in [0.1, 0.15) is 5.54 Å². The first-order valence-corrected chi connectivity index (χ1v) is 6.19. The highest BCUT2D eigenvalue weighted by Gasteiger charge is 2.26. The summed E-state index contributed by atoms with van der Waals surface area (Å²) in [4.78, 5) is 10.7. The van der Waals surface area contributed by atoms with Crippen molar-refractivity contribution < 1.29 is 15.0 Å². The highest BCUT2D eigenvalue weighted by Crippen LogP contribution is 2.18. The Morgan fingerprint density at radius 2 is 2.20 bits per heavy atom. The first-order valence-electron chi connectivity index (χ1n) is 5.15. The van der Waals surface area contributed by atoms with Crippen LogP contribution in [0.5, 0.6) is 0 Å². The molecular weight excluding hydrogens is 214 g/mol. The number of carbonyl (C=O) groups is 1. The summed E-state index contributed by atoms with van der Waals surface area (Å²) in [5.41, 5.74) is 4.48. The van der Waals surface area contributed by atoms with Crippen LogP contribution in [0.1, 0.15) is 33.1 Å². The lowest BCUT2D eigenvalue weighted by atomic mass is 9.98. The van der Waals surface area contributed by atoms with E-state index in [0.717, 1.165) is 18.6 Å². The zero-order valence-electron chi connectivity index (χ0n) is 9.40. The van der Waals surface area contributed by atoms with E-state index >= 15 is 0 Å². The molecule has 0 aliphatic carbocycles. The third kappa shape index (κ3) is 6.76. The molecule has 0 heterocycles. The van der Waals surface area contributed by atoms with E-state index in [2.05, 4.69) is 6.92 Å². The lowest BCUT2D eigenvalue weighted by Crippen LogP contribution is -2.44. The van der Waals surface area contributed by atoms with Crippen molar-refractivity contribution in [3.8, 4) is 0 Å². The van der Waals surface area contributed by atoms with E-state index in [0.29, 0.717) is 11.7 Å². The molecule has 2 unspecified atom stereocenters. The Kier molecular flexibility index (Phi) is 6.96. The molecule has 0 radical (unpaired) electrons. The van der Waals surface area contributed by atoms with Crippen LogP contribution in [0, 0.1) is 0 Å². The van der Waals surface area contributed by atoms with E-state index in [-0.39, 0.29) is 6.61 Å². The molecule has 2 atom stereocenters. The second kappa shape index (κ2) is 7.09. The Hall–Kier alpha value is -0.260. The third-order valence-electron chi connectivity index (χ3n) is 2.27. The Morgan fingerprint density at radius 3 is 2.67 bits per heavy atom. The minimum atomic E-state index is -1.11. The Morgan fingerprint density at radius 1 is 1.60 bits per heavy atom. The fourth-order valence-electron chi connectivity index (χ4n) is 1.10. The molecule has 0 saturated carbocycles. The molecule has 0 aromatic heterocycles. The topological polar surface area (TPSA) is 83.5 Å². The maximum absolute atomic E-state index is 10.7. The smallest absolute Gasteiger partial charge is 0.323 e. The van der Waals surface area contributed by atoms with Crippen molar-refractivity contribution in [3.63, 3.8) is 0 Å². The molecule has 0 bridgehead atoms. The summed E-state index contributed by atoms with van der Waals surface area (Å²) in [6, 6.07) is 0. The number of aliphatic hydroxyl groups is 1. The summed E-state index contributed by atoms with van der Waals surface area (Å²) in [5, 5.41) is 17.9. The molecule has 0 saturated heterocycles. The van der Waals surface area contributed by atoms with E-state index in [1.54, 1.807) is 11.8 Å². The summed E-state index contributed by atoms with van der Waals surface area (Å²) in [7, 11) is 0. The van der Waals surface area contributed by atoms with Crippen molar-refractivity contribution in [2.24, 2.45) is 5.73 Å². The first kappa shape index (κ1) is 14.7. The minimum Gasteiger partial charge on any atom is -0.480 e. The maximum Gasteiger partial charge on any atom is 0.323 e. The van der Waals surface area contributed by atoms with Crippen LogP contribution in [-0.2, 0) is 4.79 Å². The number of hydrogen-bond acceptors (Lipinski definition) is 4. The summed E-state index contributed by atoms with van der Waals surface area (Å²) in [6.45, 7) is 3.80. The van der Waals surface area contributed by atoms with E-state index in [1.807, 2.05) is 0 Å². The van der Waals surface area contributed by atoms with Crippen molar-refractivity contribution in [2.75, 3.05) is 12.4 Å². The van der Waals surface area contributed by atoms with Crippen LogP contribution < -0.4 is 5.73 Å². The van der Waals surface area contributed by atoms with Crippen LogP contribution >= 0.6 is 11.8 Å². The fraction of sp³-hybridized carbons (Fsp3) is 0.900. The van der Waals surface area contributed by atoms with Crippen LogP contribution in [0.15, 0.2) is 0 Å². The van der Waals surface area contributed by atoms with Gasteiger partial charge >= 0.3 is 5.97 Å². The zero-order valence-corrected chi connectivity index (χ0v) is 10.2. The van der Waals surface area contributed by atoms with Crippen molar-refractivity contribution >= 4 is 17.7 Å². The number of hydrogen-bond donors (Lipinski definition) is 3. The van der Waals surface area contributed by atoms with E-state index in [4.69, 9.17) is 15.9 Å². The van der Waals surface area contributed by atoms with Crippen molar-refractivity contribution in [1.82, 2.24) is 0 Å². The Labute approximate surface area is 95.2 Å². The van der Waals surface area contributed by atoms with Gasteiger partial charge in [0, 0.05) is 11.9 Å². The molecule has 90 valence electrons. The number of thioether (sulfide) groups is 1. The molecule has 0 rings (SSSR count). The molecule has 0 spiro atoms. The van der Waals surface area contributed by atoms with E-state index < -0.39 is 11.5 Å². The standard InChI is InChI=1S/C10H21NO3S/c1-8(4-6-12)15-7-3-5-10(2,11)9(13)14/h8,12H,3-7,11H2,1-2H3,(H,13,14). The Balaban J connectivity index is 3.58. The van der Waals surface area contributed by atoms with Gasteiger partial charge in [0.25, 0.3) is 0 Å². The molecular formula is C10H21NO3S. The van der Waals surface area contributed by atoms with Gasteiger partial charge in [-0.05, 0) is 31.9 Å². The predicted molar refractivity (Wildman–Crippen MR) is 63.1 cm³/mol. The van der Waals surface area contributed by atoms with E-state index in [1.165, 1.54) is 6.92 Å². The van der Waals surface area contributed by atoms with Crippen molar-refractivity contribution in [1.29, 1.82) is 0 Å². The van der Waals surface area contributed by atoms with Crippen LogP contribution in [0.4, 0.5) is 0 Å². The highest BCUT2D eigenvalue weighted by molar-refractivity contribution is 7.99. The lowest BCUT2D eigenvalue weighted by Gasteiger charge is -2.19. The minimum absolute atomic E-state index is 0.206. The number of carboxylic acid groups (broad SMARTS) is 1. The molecule has 0 aliphatic heterocycles. The van der Waals surface area contributed by atoms with Crippen LogP contribution in [0.2, 0.25) is 0 Å². The monoisotopic (exact) mass is 235 g/mol. The molecule has 0 aromatic carbocycles. The van der Waals surface area contributed by atoms with Crippen LogP contribution in [0.25, 0.3) is 0 Å². The molecule has 0 fully saturated rings. The number of nitrogens with two attached hydrogens (primary N) is 1. The molecule has 4 N–H and O–H groups in total. The normalized spacial score (nSPS) is 17.1. The number of rotatable bonds is 8. The van der Waals surface area contributed by atoms with Gasteiger partial charge in [-0.25, -0.2) is 0 Å². The van der Waals surface area contributed by atoms with Gasteiger partial charge in [0.05, 0.1) is 0 Å². The number of aliphatic carboxylic acids is 1. The summed E-state index contributed by atoms with van der Waals surface area (Å²) >= 11 is 1.74. The Bertz CT molecular complexity index is 197. The van der Waals surface area contributed by atoms with Crippen molar-refractivity contribution in [3.05, 3.63) is 0 Å². The quantitative estimate of drug-likeness (QED) is 0.548. The average molecular weight is 235 g/mol. The van der Waals surface area contributed by atoms with Gasteiger partial charge in [-0.15, -0.1) is 0 Å². The maximum atomic E-state index is 10.7. The molecule has 4 nitrogen and oxygen atoms in total. The predicted octanol–water partition coefficient (Wildman–Crippen LogP) is 1.07. The highest BCUT2D eigenvalue weighted by atomic mass is 32.2. The third-order valence-corrected chi connectivity index (χ3v) is 3.60. The van der Waals surface area contributed by atoms with Gasteiger partial charge in [-0.1, -0.05) is 6.92 Å². The second-order valence-corrected chi connectivity index (χ2v) is 5.57. The van der Waals surface area contributed by atoms with E-state index in [9.17, 15) is 4.79 Å². The summed E-state index contributed by atoms with van der Waals surface area (Å²) in [5.74, 6) is -0.0581. The average Bonchev–Trinajstić information content (AvgIpc) is 2.13.